The third kappa shape index (κ3) is 4.56. The summed E-state index contributed by atoms with van der Waals surface area (Å²) in [7, 11) is 3.61. The maximum atomic E-state index is 10.3. The highest BCUT2D eigenvalue weighted by molar-refractivity contribution is 5.73. The number of nitrogens with one attached hydrogen (secondary N) is 1. The van der Waals surface area contributed by atoms with Gasteiger partial charge in [-0.25, -0.2) is 0 Å². The lowest BCUT2D eigenvalue weighted by molar-refractivity contribution is -0.138. The quantitative estimate of drug-likeness (QED) is 0.350. The summed E-state index contributed by atoms with van der Waals surface area (Å²) in [5.74, 6) is -1.03. The second kappa shape index (κ2) is 5.63. The number of rotatable bonds is 6. The molecule has 0 amide bonds. The van der Waals surface area contributed by atoms with Crippen molar-refractivity contribution in [2.75, 3.05) is 20.6 Å². The first kappa shape index (κ1) is 12.0. The fourth-order valence-corrected chi connectivity index (χ4v) is 0.730. The Morgan fingerprint density at radius 1 is 1.77 bits per heavy atom. The largest absolute Gasteiger partial charge is 0.480 e. The zero-order chi connectivity index (χ0) is 10.4. The third-order valence-electron chi connectivity index (χ3n) is 1.50. The molecule has 6 nitrogen and oxygen atoms in total. The number of hydrogen-bond donors (Lipinski definition) is 3. The molecule has 0 bridgehead atoms. The van der Waals surface area contributed by atoms with Gasteiger partial charge in [-0.15, -0.1) is 0 Å². The Balaban J connectivity index is 3.85. The summed E-state index contributed by atoms with van der Waals surface area (Å²) in [6.45, 7) is 3.53. The van der Waals surface area contributed by atoms with E-state index < -0.39 is 12.0 Å². The van der Waals surface area contributed by atoms with Crippen LogP contribution in [0.15, 0.2) is 4.99 Å². The van der Waals surface area contributed by atoms with Gasteiger partial charge in [0.1, 0.15) is 6.04 Å². The highest BCUT2D eigenvalue weighted by atomic mass is 16.4. The Labute approximate surface area is 77.4 Å². The van der Waals surface area contributed by atoms with E-state index in [4.69, 9.17) is 10.8 Å². The summed E-state index contributed by atoms with van der Waals surface area (Å²) in [4.78, 5) is 15.8. The van der Waals surface area contributed by atoms with Gasteiger partial charge >= 0.3 is 5.97 Å². The first-order chi connectivity index (χ1) is 5.99. The van der Waals surface area contributed by atoms with Crippen molar-refractivity contribution < 1.29 is 9.90 Å². The molecule has 4 N–H and O–H groups in total. The average molecular weight is 188 g/mol. The minimum Gasteiger partial charge on any atom is -0.480 e. The Bertz CT molecular complexity index is 183. The van der Waals surface area contributed by atoms with Crippen molar-refractivity contribution in [3.63, 3.8) is 0 Å². The van der Waals surface area contributed by atoms with Gasteiger partial charge in [-0.2, -0.15) is 0 Å². The van der Waals surface area contributed by atoms with Crippen molar-refractivity contribution in [1.82, 2.24) is 10.2 Å². The number of aliphatic carboxylic acids is 1. The van der Waals surface area contributed by atoms with E-state index in [1.807, 2.05) is 0 Å². The second-order valence-electron chi connectivity index (χ2n) is 2.87. The van der Waals surface area contributed by atoms with Crippen molar-refractivity contribution in [3.05, 3.63) is 0 Å². The molecule has 0 aromatic heterocycles. The van der Waals surface area contributed by atoms with Crippen molar-refractivity contribution in [3.8, 4) is 0 Å². The van der Waals surface area contributed by atoms with Gasteiger partial charge in [0.15, 0.2) is 6.29 Å². The summed E-state index contributed by atoms with van der Waals surface area (Å²) in [6.07, 6.45) is -0.301. The van der Waals surface area contributed by atoms with E-state index in [2.05, 4.69) is 17.0 Å². The summed E-state index contributed by atoms with van der Waals surface area (Å²) in [6, 6.07) is -0.913. The first-order valence-corrected chi connectivity index (χ1v) is 3.83. The molecule has 0 aromatic rings. The number of nitrogens with two attached hydrogens (primary N) is 1. The standard InChI is InChI=1S/C7H16N4O2/c1-9-7(11(2)3)10-4-5(8)6(12)13/h5,7,10H,1,4,8H2,2-3H3,(H,12,13). The fraction of sp³-hybridized carbons (Fsp3) is 0.714. The van der Waals surface area contributed by atoms with Gasteiger partial charge in [-0.1, -0.05) is 0 Å². The molecule has 0 heterocycles. The maximum absolute atomic E-state index is 10.3. The monoisotopic (exact) mass is 188 g/mol. The van der Waals surface area contributed by atoms with Crippen LogP contribution in [-0.2, 0) is 4.79 Å². The first-order valence-electron chi connectivity index (χ1n) is 3.83. The molecule has 6 heteroatoms. The highest BCUT2D eigenvalue weighted by Gasteiger charge is 2.14. The Morgan fingerprint density at radius 2 is 2.31 bits per heavy atom. The van der Waals surface area contributed by atoms with Crippen LogP contribution in [0.5, 0.6) is 0 Å². The lowest BCUT2D eigenvalue weighted by Gasteiger charge is -2.21. The van der Waals surface area contributed by atoms with E-state index in [9.17, 15) is 4.79 Å². The topological polar surface area (TPSA) is 90.9 Å². The molecule has 0 radical (unpaired) electrons. The molecule has 0 saturated carbocycles. The number of hydrogen-bond acceptors (Lipinski definition) is 5. The molecule has 2 unspecified atom stereocenters. The summed E-state index contributed by atoms with van der Waals surface area (Å²) in [5, 5.41) is 11.3. The van der Waals surface area contributed by atoms with E-state index in [0.29, 0.717) is 0 Å². The van der Waals surface area contributed by atoms with E-state index >= 15 is 0 Å². The predicted octanol–water partition coefficient (Wildman–Crippen LogP) is -1.47. The number of nitrogens with zero attached hydrogens (tertiary/aromatic N) is 2. The van der Waals surface area contributed by atoms with Crippen LogP contribution in [0, 0.1) is 0 Å². The molecule has 0 rings (SSSR count). The van der Waals surface area contributed by atoms with Crippen molar-refractivity contribution in [1.29, 1.82) is 0 Å². The summed E-state index contributed by atoms with van der Waals surface area (Å²) < 4.78 is 0. The predicted molar refractivity (Wildman–Crippen MR) is 50.6 cm³/mol. The van der Waals surface area contributed by atoms with E-state index in [1.165, 1.54) is 0 Å². The molecule has 0 aliphatic rings. The zero-order valence-electron chi connectivity index (χ0n) is 7.90. The molecule has 0 spiro atoms. The molecule has 2 atom stereocenters. The van der Waals surface area contributed by atoms with Gasteiger partial charge in [0.25, 0.3) is 0 Å². The van der Waals surface area contributed by atoms with Crippen LogP contribution >= 0.6 is 0 Å². The SMILES string of the molecule is C=NC(NCC(N)C(=O)O)N(C)C. The molecule has 0 saturated heterocycles. The van der Waals surface area contributed by atoms with Gasteiger partial charge in [0.2, 0.25) is 0 Å². The van der Waals surface area contributed by atoms with Gasteiger partial charge in [0, 0.05) is 6.54 Å². The molecule has 0 aliphatic carbocycles. The van der Waals surface area contributed by atoms with Gasteiger partial charge in [-0.3, -0.25) is 20.0 Å². The van der Waals surface area contributed by atoms with Gasteiger partial charge in [0.05, 0.1) is 0 Å². The summed E-state index contributed by atoms with van der Waals surface area (Å²) >= 11 is 0. The minimum absolute atomic E-state index is 0.164. The van der Waals surface area contributed by atoms with Gasteiger partial charge in [-0.05, 0) is 20.8 Å². The smallest absolute Gasteiger partial charge is 0.321 e. The molecule has 13 heavy (non-hydrogen) atoms. The Kier molecular flexibility index (Phi) is 5.20. The van der Waals surface area contributed by atoms with Crippen molar-refractivity contribution in [2.24, 2.45) is 10.7 Å². The number of aliphatic imine (C=N–C) groups is 1. The molecule has 0 fully saturated rings. The molecule has 0 aromatic carbocycles. The average Bonchev–Trinajstić information content (AvgIpc) is 2.04. The van der Waals surface area contributed by atoms with E-state index in [0.717, 1.165) is 0 Å². The normalized spacial score (nSPS) is 15.4. The van der Waals surface area contributed by atoms with Crippen molar-refractivity contribution in [2.45, 2.75) is 12.3 Å². The molecule has 0 aliphatic heterocycles. The number of carboxylic acid groups (broad SMARTS) is 1. The Hall–Kier alpha value is -0.980. The number of carbonyl (C=O) groups is 1. The van der Waals surface area contributed by atoms with Crippen LogP contribution in [0.1, 0.15) is 0 Å². The summed E-state index contributed by atoms with van der Waals surface area (Å²) in [5.41, 5.74) is 5.28. The lowest BCUT2D eigenvalue weighted by Crippen LogP contribution is -2.47. The highest BCUT2D eigenvalue weighted by Crippen LogP contribution is 1.88. The van der Waals surface area contributed by atoms with Crippen LogP contribution in [-0.4, -0.2) is 55.7 Å². The molecular formula is C7H16N4O2. The number of carboxylic acids is 1. The lowest BCUT2D eigenvalue weighted by atomic mass is 10.3. The molecular weight excluding hydrogens is 172 g/mol. The van der Waals surface area contributed by atoms with E-state index in [1.54, 1.807) is 19.0 Å². The van der Waals surface area contributed by atoms with E-state index in [-0.39, 0.29) is 12.8 Å². The van der Waals surface area contributed by atoms with Gasteiger partial charge < -0.3 is 10.8 Å². The Morgan fingerprint density at radius 3 is 2.62 bits per heavy atom. The van der Waals surface area contributed by atoms with Crippen LogP contribution in [0.4, 0.5) is 0 Å². The third-order valence-corrected chi connectivity index (χ3v) is 1.50. The fourth-order valence-electron chi connectivity index (χ4n) is 0.730. The van der Waals surface area contributed by atoms with Crippen LogP contribution in [0.2, 0.25) is 0 Å². The van der Waals surface area contributed by atoms with Crippen LogP contribution < -0.4 is 11.1 Å². The minimum atomic E-state index is -1.03. The molecule has 76 valence electrons. The van der Waals surface area contributed by atoms with Crippen LogP contribution in [0.25, 0.3) is 0 Å². The maximum Gasteiger partial charge on any atom is 0.321 e. The van der Waals surface area contributed by atoms with Crippen LogP contribution in [0.3, 0.4) is 0 Å². The van der Waals surface area contributed by atoms with Crippen molar-refractivity contribution >= 4 is 12.7 Å². The zero-order valence-corrected chi connectivity index (χ0v) is 7.90. The second-order valence-corrected chi connectivity index (χ2v) is 2.87.